The molecule has 0 aliphatic carbocycles. The lowest BCUT2D eigenvalue weighted by molar-refractivity contribution is -0.149. The van der Waals surface area contributed by atoms with Crippen molar-refractivity contribution in [1.29, 1.82) is 0 Å². The van der Waals surface area contributed by atoms with E-state index in [1.807, 2.05) is 27.7 Å². The second-order valence-corrected chi connectivity index (χ2v) is 5.82. The average Bonchev–Trinajstić information content (AvgIpc) is 2.25. The molecule has 1 heterocycles. The van der Waals surface area contributed by atoms with Crippen LogP contribution < -0.4 is 0 Å². The maximum atomic E-state index is 11.9. The number of likely N-dealkylation sites (tertiary alicyclic amines) is 1. The van der Waals surface area contributed by atoms with Gasteiger partial charge in [0.2, 0.25) is 0 Å². The number of hydrogen-bond donors (Lipinski definition) is 0. The third kappa shape index (κ3) is 3.89. The van der Waals surface area contributed by atoms with E-state index in [0.717, 1.165) is 0 Å². The molecule has 0 aromatic heterocycles. The Kier molecular flexibility index (Phi) is 4.59. The minimum absolute atomic E-state index is 0.0960. The summed E-state index contributed by atoms with van der Waals surface area (Å²) in [5, 5.41) is 0. The molecule has 0 spiro atoms. The van der Waals surface area contributed by atoms with Crippen molar-refractivity contribution in [3.63, 3.8) is 0 Å². The van der Waals surface area contributed by atoms with Gasteiger partial charge in [-0.1, -0.05) is 6.92 Å². The molecule has 1 rings (SSSR count). The summed E-state index contributed by atoms with van der Waals surface area (Å²) in [6.45, 7) is 8.56. The Bertz CT molecular complexity index is 321. The molecule has 0 radical (unpaired) electrons. The Morgan fingerprint density at radius 1 is 1.28 bits per heavy atom. The van der Waals surface area contributed by atoms with E-state index in [1.54, 1.807) is 4.90 Å². The summed E-state index contributed by atoms with van der Waals surface area (Å²) in [7, 11) is 1.40. The van der Waals surface area contributed by atoms with Crippen LogP contribution in [0.2, 0.25) is 0 Å². The van der Waals surface area contributed by atoms with Crippen molar-refractivity contribution in [2.75, 3.05) is 20.2 Å². The summed E-state index contributed by atoms with van der Waals surface area (Å²) >= 11 is 0. The first kappa shape index (κ1) is 14.8. The summed E-state index contributed by atoms with van der Waals surface area (Å²) < 4.78 is 10.1. The van der Waals surface area contributed by atoms with E-state index < -0.39 is 5.60 Å². The van der Waals surface area contributed by atoms with Gasteiger partial charge in [-0.2, -0.15) is 0 Å². The van der Waals surface area contributed by atoms with Gasteiger partial charge in [0.05, 0.1) is 13.0 Å². The number of esters is 1. The Hall–Kier alpha value is -1.26. The smallest absolute Gasteiger partial charge is 0.410 e. The minimum atomic E-state index is -0.487. The Morgan fingerprint density at radius 2 is 1.89 bits per heavy atom. The van der Waals surface area contributed by atoms with Crippen molar-refractivity contribution < 1.29 is 19.1 Å². The molecule has 1 aliphatic heterocycles. The lowest BCUT2D eigenvalue weighted by Gasteiger charge is -2.36. The van der Waals surface area contributed by atoms with Crippen molar-refractivity contribution >= 4 is 12.1 Å². The SMILES string of the molecule is COC(=O)[C@H]1CCN(C(=O)OC(C)(C)C)C[C@@H]1C. The molecule has 1 fully saturated rings. The van der Waals surface area contributed by atoms with Crippen LogP contribution in [0.1, 0.15) is 34.1 Å². The van der Waals surface area contributed by atoms with E-state index in [9.17, 15) is 9.59 Å². The van der Waals surface area contributed by atoms with Gasteiger partial charge in [0.1, 0.15) is 5.60 Å². The largest absolute Gasteiger partial charge is 0.469 e. The number of rotatable bonds is 1. The minimum Gasteiger partial charge on any atom is -0.469 e. The van der Waals surface area contributed by atoms with Crippen molar-refractivity contribution in [2.45, 2.75) is 39.7 Å². The molecule has 104 valence electrons. The first-order valence-corrected chi connectivity index (χ1v) is 6.30. The van der Waals surface area contributed by atoms with E-state index in [-0.39, 0.29) is 23.9 Å². The monoisotopic (exact) mass is 257 g/mol. The molecule has 0 aromatic carbocycles. The maximum Gasteiger partial charge on any atom is 0.410 e. The summed E-state index contributed by atoms with van der Waals surface area (Å²) in [5.74, 6) is -0.209. The van der Waals surface area contributed by atoms with Gasteiger partial charge in [0, 0.05) is 13.1 Å². The van der Waals surface area contributed by atoms with Crippen molar-refractivity contribution in [2.24, 2.45) is 11.8 Å². The fourth-order valence-corrected chi connectivity index (χ4v) is 2.14. The van der Waals surface area contributed by atoms with Crippen molar-refractivity contribution in [3.8, 4) is 0 Å². The highest BCUT2D eigenvalue weighted by Gasteiger charge is 2.35. The normalized spacial score (nSPS) is 24.6. The zero-order valence-corrected chi connectivity index (χ0v) is 11.9. The molecular formula is C13H23NO4. The molecule has 5 heteroatoms. The number of carbonyl (C=O) groups excluding carboxylic acids is 2. The number of amides is 1. The topological polar surface area (TPSA) is 55.8 Å². The summed E-state index contributed by atoms with van der Waals surface area (Å²) in [5.41, 5.74) is -0.487. The molecule has 1 amide bonds. The highest BCUT2D eigenvalue weighted by Crippen LogP contribution is 2.25. The van der Waals surface area contributed by atoms with Crippen LogP contribution in [0.15, 0.2) is 0 Å². The zero-order chi connectivity index (χ0) is 13.9. The van der Waals surface area contributed by atoms with Crippen LogP contribution in [0.25, 0.3) is 0 Å². The number of carbonyl (C=O) groups is 2. The molecule has 0 saturated carbocycles. The van der Waals surface area contributed by atoms with Gasteiger partial charge in [-0.15, -0.1) is 0 Å². The van der Waals surface area contributed by atoms with Crippen molar-refractivity contribution in [3.05, 3.63) is 0 Å². The third-order valence-electron chi connectivity index (χ3n) is 3.06. The number of nitrogens with zero attached hydrogens (tertiary/aromatic N) is 1. The van der Waals surface area contributed by atoms with Crippen LogP contribution in [0.4, 0.5) is 4.79 Å². The predicted octanol–water partition coefficient (Wildman–Crippen LogP) is 2.05. The van der Waals surface area contributed by atoms with Crippen LogP contribution in [-0.2, 0) is 14.3 Å². The summed E-state index contributed by atoms with van der Waals surface area (Å²) in [6, 6.07) is 0. The first-order chi connectivity index (χ1) is 8.24. The lowest BCUT2D eigenvalue weighted by atomic mass is 9.87. The summed E-state index contributed by atoms with van der Waals surface area (Å²) in [6.07, 6.45) is 0.324. The van der Waals surface area contributed by atoms with Gasteiger partial charge in [-0.3, -0.25) is 4.79 Å². The molecule has 18 heavy (non-hydrogen) atoms. The fourth-order valence-electron chi connectivity index (χ4n) is 2.14. The van der Waals surface area contributed by atoms with Gasteiger partial charge >= 0.3 is 12.1 Å². The standard InChI is InChI=1S/C13H23NO4/c1-9-8-14(12(16)18-13(2,3)4)7-6-10(9)11(15)17-5/h9-10H,6-8H2,1-5H3/t9-,10-/m0/s1. The van der Waals surface area contributed by atoms with E-state index in [0.29, 0.717) is 19.5 Å². The van der Waals surface area contributed by atoms with E-state index in [4.69, 9.17) is 9.47 Å². The van der Waals surface area contributed by atoms with Gasteiger partial charge in [0.25, 0.3) is 0 Å². The quantitative estimate of drug-likeness (QED) is 0.675. The van der Waals surface area contributed by atoms with E-state index in [2.05, 4.69) is 0 Å². The molecule has 0 aromatic rings. The van der Waals surface area contributed by atoms with Gasteiger partial charge < -0.3 is 14.4 Å². The number of hydrogen-bond acceptors (Lipinski definition) is 4. The fraction of sp³-hybridized carbons (Fsp3) is 0.846. The molecule has 5 nitrogen and oxygen atoms in total. The van der Waals surface area contributed by atoms with Crippen LogP contribution in [0.5, 0.6) is 0 Å². The van der Waals surface area contributed by atoms with Crippen LogP contribution in [0.3, 0.4) is 0 Å². The van der Waals surface area contributed by atoms with Gasteiger partial charge in [-0.05, 0) is 33.1 Å². The average molecular weight is 257 g/mol. The van der Waals surface area contributed by atoms with Crippen LogP contribution in [0, 0.1) is 11.8 Å². The van der Waals surface area contributed by atoms with Crippen LogP contribution >= 0.6 is 0 Å². The van der Waals surface area contributed by atoms with Gasteiger partial charge in [-0.25, -0.2) is 4.79 Å². The lowest BCUT2D eigenvalue weighted by Crippen LogP contribution is -2.46. The zero-order valence-electron chi connectivity index (χ0n) is 11.9. The number of piperidine rings is 1. The summed E-state index contributed by atoms with van der Waals surface area (Å²) in [4.78, 5) is 25.1. The Balaban J connectivity index is 2.55. The molecule has 0 bridgehead atoms. The highest BCUT2D eigenvalue weighted by atomic mass is 16.6. The van der Waals surface area contributed by atoms with Crippen molar-refractivity contribution in [1.82, 2.24) is 4.90 Å². The number of methoxy groups -OCH3 is 1. The van der Waals surface area contributed by atoms with E-state index >= 15 is 0 Å². The van der Waals surface area contributed by atoms with Crippen LogP contribution in [-0.4, -0.2) is 42.8 Å². The molecule has 0 unspecified atom stereocenters. The molecule has 0 N–H and O–H groups in total. The predicted molar refractivity (Wildman–Crippen MR) is 67.1 cm³/mol. The second kappa shape index (κ2) is 5.59. The maximum absolute atomic E-state index is 11.9. The molecule has 2 atom stereocenters. The third-order valence-corrected chi connectivity index (χ3v) is 3.06. The second-order valence-electron chi connectivity index (χ2n) is 5.82. The molecule has 1 aliphatic rings. The highest BCUT2D eigenvalue weighted by molar-refractivity contribution is 5.74. The van der Waals surface area contributed by atoms with Gasteiger partial charge in [0.15, 0.2) is 0 Å². The number of ether oxygens (including phenoxy) is 2. The van der Waals surface area contributed by atoms with E-state index in [1.165, 1.54) is 7.11 Å². The molecule has 1 saturated heterocycles. The Morgan fingerprint density at radius 3 is 2.33 bits per heavy atom. The Labute approximate surface area is 108 Å². The molecular weight excluding hydrogens is 234 g/mol. The first-order valence-electron chi connectivity index (χ1n) is 6.30.